The Labute approximate surface area is 144 Å². The topological polar surface area (TPSA) is 141 Å². The SMILES string of the molecule is CC(C)(CC(=O)O)CC(=O)N1CCN2C(=O)N(CC(N)=O)C(=O)[C@@H]2C1. The normalized spacial score (nSPS) is 20.7. The second-order valence-corrected chi connectivity index (χ2v) is 7.13. The van der Waals surface area contributed by atoms with Crippen molar-refractivity contribution >= 4 is 29.7 Å². The van der Waals surface area contributed by atoms with Gasteiger partial charge in [-0.25, -0.2) is 4.79 Å². The number of carbonyl (C=O) groups is 5. The lowest BCUT2D eigenvalue weighted by Crippen LogP contribution is -2.55. The Morgan fingerprint density at radius 1 is 1.20 bits per heavy atom. The van der Waals surface area contributed by atoms with Crippen LogP contribution < -0.4 is 5.73 Å². The maximum absolute atomic E-state index is 12.5. The lowest BCUT2D eigenvalue weighted by atomic mass is 9.85. The average Bonchev–Trinajstić information content (AvgIpc) is 2.69. The molecule has 0 radical (unpaired) electrons. The number of aliphatic carboxylic acids is 1. The maximum atomic E-state index is 12.5. The van der Waals surface area contributed by atoms with Crippen LogP contribution in [0.3, 0.4) is 0 Å². The molecule has 1 atom stereocenters. The summed E-state index contributed by atoms with van der Waals surface area (Å²) in [5.41, 5.74) is 4.34. The minimum absolute atomic E-state index is 0.0269. The van der Waals surface area contributed by atoms with Crippen LogP contribution in [-0.4, -0.2) is 81.7 Å². The van der Waals surface area contributed by atoms with E-state index in [0.29, 0.717) is 0 Å². The number of hydrogen-bond acceptors (Lipinski definition) is 5. The number of nitrogens with zero attached hydrogens (tertiary/aromatic N) is 3. The molecular weight excluding hydrogens is 332 g/mol. The predicted octanol–water partition coefficient (Wildman–Crippen LogP) is -1.16. The zero-order valence-electron chi connectivity index (χ0n) is 14.2. The van der Waals surface area contributed by atoms with E-state index < -0.39 is 41.8 Å². The van der Waals surface area contributed by atoms with Gasteiger partial charge in [-0.15, -0.1) is 0 Å². The van der Waals surface area contributed by atoms with Gasteiger partial charge in [0.1, 0.15) is 12.6 Å². The average molecular weight is 354 g/mol. The van der Waals surface area contributed by atoms with Crippen LogP contribution in [-0.2, 0) is 19.2 Å². The molecule has 0 bridgehead atoms. The van der Waals surface area contributed by atoms with Gasteiger partial charge < -0.3 is 20.6 Å². The molecule has 2 heterocycles. The second kappa shape index (κ2) is 6.69. The maximum Gasteiger partial charge on any atom is 0.328 e. The predicted molar refractivity (Wildman–Crippen MR) is 84.0 cm³/mol. The van der Waals surface area contributed by atoms with E-state index in [-0.39, 0.29) is 38.4 Å². The molecule has 2 fully saturated rings. The first-order chi connectivity index (χ1) is 11.5. The molecule has 138 valence electrons. The van der Waals surface area contributed by atoms with Crippen LogP contribution in [0, 0.1) is 5.41 Å². The standard InChI is InChI=1S/C15H22N4O6/c1-15(2,6-12(22)23)5-11(21)17-3-4-18-9(7-17)13(24)19(14(18)25)8-10(16)20/h9H,3-8H2,1-2H3,(H2,16,20)(H,22,23)/t9-/m0/s1. The van der Waals surface area contributed by atoms with E-state index in [1.165, 1.54) is 9.80 Å². The van der Waals surface area contributed by atoms with Crippen molar-refractivity contribution in [2.45, 2.75) is 32.7 Å². The number of imide groups is 1. The van der Waals surface area contributed by atoms with Crippen molar-refractivity contribution in [3.8, 4) is 0 Å². The minimum atomic E-state index is -0.985. The van der Waals surface area contributed by atoms with Crippen LogP contribution in [0.2, 0.25) is 0 Å². The highest BCUT2D eigenvalue weighted by molar-refractivity contribution is 6.06. The van der Waals surface area contributed by atoms with Crippen LogP contribution in [0.25, 0.3) is 0 Å². The molecule has 2 aliphatic rings. The van der Waals surface area contributed by atoms with E-state index in [1.807, 2.05) is 0 Å². The third-order valence-electron chi connectivity index (χ3n) is 4.33. The number of carbonyl (C=O) groups excluding carboxylic acids is 4. The van der Waals surface area contributed by atoms with Crippen molar-refractivity contribution in [1.29, 1.82) is 0 Å². The van der Waals surface area contributed by atoms with Crippen molar-refractivity contribution in [2.75, 3.05) is 26.2 Å². The number of rotatable bonds is 6. The van der Waals surface area contributed by atoms with Crippen LogP contribution in [0.1, 0.15) is 26.7 Å². The molecule has 0 spiro atoms. The minimum Gasteiger partial charge on any atom is -0.481 e. The Bertz CT molecular complexity index is 632. The fourth-order valence-corrected chi connectivity index (χ4v) is 3.17. The Morgan fingerprint density at radius 3 is 2.40 bits per heavy atom. The molecule has 0 saturated carbocycles. The van der Waals surface area contributed by atoms with Gasteiger partial charge in [0.05, 0.1) is 13.0 Å². The van der Waals surface area contributed by atoms with Crippen LogP contribution in [0.4, 0.5) is 4.79 Å². The summed E-state index contributed by atoms with van der Waals surface area (Å²) >= 11 is 0. The quantitative estimate of drug-likeness (QED) is 0.576. The van der Waals surface area contributed by atoms with E-state index in [0.717, 1.165) is 4.90 Å². The first-order valence-electron chi connectivity index (χ1n) is 7.92. The molecule has 2 aliphatic heterocycles. The molecule has 0 aromatic rings. The lowest BCUT2D eigenvalue weighted by Gasteiger charge is -2.36. The van der Waals surface area contributed by atoms with Crippen LogP contribution >= 0.6 is 0 Å². The molecule has 3 N–H and O–H groups in total. The number of nitrogens with two attached hydrogens (primary N) is 1. The molecule has 2 saturated heterocycles. The van der Waals surface area contributed by atoms with Gasteiger partial charge in [0.25, 0.3) is 5.91 Å². The third-order valence-corrected chi connectivity index (χ3v) is 4.33. The zero-order chi connectivity index (χ0) is 18.9. The number of amides is 5. The highest BCUT2D eigenvalue weighted by Crippen LogP contribution is 2.28. The first-order valence-corrected chi connectivity index (χ1v) is 7.92. The zero-order valence-corrected chi connectivity index (χ0v) is 14.2. The van der Waals surface area contributed by atoms with Crippen molar-refractivity contribution in [3.05, 3.63) is 0 Å². The number of primary amides is 1. The summed E-state index contributed by atoms with van der Waals surface area (Å²) in [6, 6.07) is -1.40. The van der Waals surface area contributed by atoms with Crippen molar-refractivity contribution < 1.29 is 29.1 Å². The smallest absolute Gasteiger partial charge is 0.328 e. The highest BCUT2D eigenvalue weighted by Gasteiger charge is 2.48. The molecular formula is C15H22N4O6. The van der Waals surface area contributed by atoms with Gasteiger partial charge in [-0.1, -0.05) is 13.8 Å². The number of hydrogen-bond donors (Lipinski definition) is 2. The fourth-order valence-electron chi connectivity index (χ4n) is 3.17. The summed E-state index contributed by atoms with van der Waals surface area (Å²) in [5, 5.41) is 8.90. The summed E-state index contributed by atoms with van der Waals surface area (Å²) in [4.78, 5) is 62.4. The third kappa shape index (κ3) is 4.06. The van der Waals surface area contributed by atoms with Crippen molar-refractivity contribution in [2.24, 2.45) is 11.1 Å². The van der Waals surface area contributed by atoms with Crippen LogP contribution in [0.5, 0.6) is 0 Å². The molecule has 5 amide bonds. The molecule has 25 heavy (non-hydrogen) atoms. The molecule has 0 aromatic heterocycles. The van der Waals surface area contributed by atoms with Crippen molar-refractivity contribution in [1.82, 2.24) is 14.7 Å². The number of urea groups is 1. The Balaban J connectivity index is 2.03. The van der Waals surface area contributed by atoms with E-state index in [2.05, 4.69) is 0 Å². The highest BCUT2D eigenvalue weighted by atomic mass is 16.4. The summed E-state index contributed by atoms with van der Waals surface area (Å²) in [5.74, 6) is -2.59. The van der Waals surface area contributed by atoms with Crippen LogP contribution in [0.15, 0.2) is 0 Å². The van der Waals surface area contributed by atoms with Gasteiger partial charge in [-0.2, -0.15) is 0 Å². The molecule has 10 nitrogen and oxygen atoms in total. The van der Waals surface area contributed by atoms with E-state index in [4.69, 9.17) is 10.8 Å². The monoisotopic (exact) mass is 354 g/mol. The van der Waals surface area contributed by atoms with Gasteiger partial charge in [-0.05, 0) is 5.41 Å². The van der Waals surface area contributed by atoms with E-state index >= 15 is 0 Å². The van der Waals surface area contributed by atoms with Gasteiger partial charge in [-0.3, -0.25) is 24.1 Å². The fraction of sp³-hybridized carbons (Fsp3) is 0.667. The summed E-state index contributed by atoms with van der Waals surface area (Å²) in [6.07, 6.45) is -0.120. The van der Waals surface area contributed by atoms with Gasteiger partial charge >= 0.3 is 12.0 Å². The Hall–Kier alpha value is -2.65. The number of carboxylic acids is 1. The largest absolute Gasteiger partial charge is 0.481 e. The number of carboxylic acid groups (broad SMARTS) is 1. The molecule has 2 rings (SSSR count). The lowest BCUT2D eigenvalue weighted by molar-refractivity contribution is -0.141. The van der Waals surface area contributed by atoms with E-state index in [1.54, 1.807) is 13.8 Å². The molecule has 0 aromatic carbocycles. The van der Waals surface area contributed by atoms with Gasteiger partial charge in [0, 0.05) is 19.5 Å². The summed E-state index contributed by atoms with van der Waals surface area (Å²) in [6.45, 7) is 3.35. The van der Waals surface area contributed by atoms with E-state index in [9.17, 15) is 24.0 Å². The second-order valence-electron chi connectivity index (χ2n) is 7.13. The Kier molecular flexibility index (Phi) is 5.00. The molecule has 0 unspecified atom stereocenters. The molecule has 0 aliphatic carbocycles. The summed E-state index contributed by atoms with van der Waals surface area (Å²) in [7, 11) is 0. The van der Waals surface area contributed by atoms with Gasteiger partial charge in [0.2, 0.25) is 11.8 Å². The first kappa shape index (κ1) is 18.7. The van der Waals surface area contributed by atoms with Crippen molar-refractivity contribution in [3.63, 3.8) is 0 Å². The van der Waals surface area contributed by atoms with Gasteiger partial charge in [0.15, 0.2) is 0 Å². The number of piperazine rings is 1. The Morgan fingerprint density at radius 2 is 1.84 bits per heavy atom. The summed E-state index contributed by atoms with van der Waals surface area (Å²) < 4.78 is 0. The molecule has 10 heteroatoms. The number of fused-ring (bicyclic) bond motifs is 1.